The predicted molar refractivity (Wildman–Crippen MR) is 296 cm³/mol. The zero-order chi connectivity index (χ0) is 52.8. The third-order valence-electron chi connectivity index (χ3n) is 9.40. The Balaban J connectivity index is -0.00000104. The second-order valence-corrected chi connectivity index (χ2v) is 15.2. The maximum Gasteiger partial charge on any atom is 0.141 e. The molecule has 0 saturated heterocycles. The summed E-state index contributed by atoms with van der Waals surface area (Å²) in [6.45, 7) is 28.2. The molecule has 0 aliphatic heterocycles. The monoisotopic (exact) mass is 967 g/mol. The molecule has 0 saturated carbocycles. The average Bonchev–Trinajstić information content (AvgIpc) is 4.11. The number of nitrogens with zero attached hydrogens (tertiary/aromatic N) is 5. The fourth-order valence-corrected chi connectivity index (χ4v) is 7.02. The molecule has 0 bridgehead atoms. The van der Waals surface area contributed by atoms with E-state index < -0.39 is 0 Å². The molecule has 380 valence electrons. The number of terminal acetylenes is 1. The lowest BCUT2D eigenvalue weighted by molar-refractivity contribution is -0.112. The number of aryl methyl sites for hydroxylation is 1. The number of likely N-dealkylation sites (N-methyl/N-ethyl adjacent to an activating group) is 2. The third-order valence-corrected chi connectivity index (χ3v) is 10.0. The highest BCUT2D eigenvalue weighted by molar-refractivity contribution is 7.07. The van der Waals surface area contributed by atoms with Gasteiger partial charge in [-0.25, -0.2) is 9.97 Å². The van der Waals surface area contributed by atoms with Gasteiger partial charge in [0.25, 0.3) is 0 Å². The van der Waals surface area contributed by atoms with E-state index in [0.717, 1.165) is 122 Å². The molecular formula is C56H86N8O4S. The van der Waals surface area contributed by atoms with Gasteiger partial charge >= 0.3 is 0 Å². The van der Waals surface area contributed by atoms with Crippen LogP contribution < -0.4 is 11.1 Å². The Bertz CT molecular complexity index is 2000. The van der Waals surface area contributed by atoms with Crippen LogP contribution in [0.3, 0.4) is 0 Å². The summed E-state index contributed by atoms with van der Waals surface area (Å²) >= 11 is 1.56. The minimum Gasteiger partial charge on any atom is -0.403 e. The number of aromatic nitrogens is 3. The second kappa shape index (κ2) is 45.8. The Morgan fingerprint density at radius 2 is 1.35 bits per heavy atom. The second-order valence-electron chi connectivity index (χ2n) is 14.5. The van der Waals surface area contributed by atoms with Gasteiger partial charge in [0, 0.05) is 44.5 Å². The van der Waals surface area contributed by atoms with Gasteiger partial charge in [-0.2, -0.15) is 0 Å². The van der Waals surface area contributed by atoms with Crippen molar-refractivity contribution in [2.75, 3.05) is 61.0 Å². The summed E-state index contributed by atoms with van der Waals surface area (Å²) < 4.78 is 4.25. The maximum atomic E-state index is 11.0. The van der Waals surface area contributed by atoms with E-state index in [4.69, 9.17) is 10.5 Å². The Morgan fingerprint density at radius 3 is 1.81 bits per heavy atom. The lowest BCUT2D eigenvalue weighted by Crippen LogP contribution is -2.29. The van der Waals surface area contributed by atoms with Crippen molar-refractivity contribution in [3.8, 4) is 35.2 Å². The number of nitrogens with two attached hydrogens (primary N) is 1. The van der Waals surface area contributed by atoms with Crippen LogP contribution >= 0.6 is 11.3 Å². The topological polar surface area (TPSA) is 150 Å². The molecule has 0 radical (unpaired) electrons. The van der Waals surface area contributed by atoms with E-state index in [9.17, 15) is 9.59 Å². The molecule has 3 aromatic carbocycles. The number of nitrogens with one attached hydrogen (secondary N) is 2. The lowest BCUT2D eigenvalue weighted by Gasteiger charge is -2.25. The van der Waals surface area contributed by atoms with Crippen LogP contribution in [0.4, 0.5) is 0 Å². The van der Waals surface area contributed by atoms with Crippen LogP contribution in [0, 0.1) is 12.8 Å². The van der Waals surface area contributed by atoms with Gasteiger partial charge in [-0.3, -0.25) is 9.80 Å². The first-order chi connectivity index (χ1) is 33.6. The first-order valence-electron chi connectivity index (χ1n) is 23.7. The van der Waals surface area contributed by atoms with E-state index in [1.54, 1.807) is 37.3 Å². The summed E-state index contributed by atoms with van der Waals surface area (Å²) in [4.78, 5) is 47.6. The van der Waals surface area contributed by atoms with Crippen molar-refractivity contribution in [1.82, 2.24) is 35.0 Å². The number of carbonyl (C=O) groups is 3. The molecule has 0 amide bonds. The number of aromatic amines is 1. The Labute approximate surface area is 421 Å². The summed E-state index contributed by atoms with van der Waals surface area (Å²) in [6.07, 6.45) is 17.1. The number of rotatable bonds is 21. The van der Waals surface area contributed by atoms with Crippen molar-refractivity contribution in [3.05, 3.63) is 137 Å². The Kier molecular flexibility index (Phi) is 44.6. The fourth-order valence-electron chi connectivity index (χ4n) is 6.43. The zero-order valence-electron chi connectivity index (χ0n) is 44.0. The molecule has 5 aromatic rings. The molecule has 2 aromatic heterocycles. The average molecular weight is 967 g/mol. The number of methoxy groups -OCH3 is 1. The van der Waals surface area contributed by atoms with Crippen LogP contribution in [-0.2, 0) is 32.1 Å². The minimum atomic E-state index is -0.0915. The molecule has 5 rings (SSSR count). The van der Waals surface area contributed by atoms with E-state index in [-0.39, 0.29) is 6.04 Å². The molecule has 4 N–H and O–H groups in total. The molecule has 0 fully saturated rings. The number of benzene rings is 3. The van der Waals surface area contributed by atoms with Crippen LogP contribution in [0.25, 0.3) is 28.1 Å². The molecule has 13 heteroatoms. The highest BCUT2D eigenvalue weighted by Gasteiger charge is 2.16. The van der Waals surface area contributed by atoms with Gasteiger partial charge in [0.2, 0.25) is 0 Å². The molecule has 0 aliphatic rings. The number of carbonyl (C=O) groups excluding carboxylic acids is 3. The minimum absolute atomic E-state index is 0.0915. The first-order valence-corrected chi connectivity index (χ1v) is 24.6. The van der Waals surface area contributed by atoms with Gasteiger partial charge in [-0.15, -0.1) is 24.2 Å². The summed E-state index contributed by atoms with van der Waals surface area (Å²) in [5.74, 6) is 0.993. The molecular weight excluding hydrogens is 881 g/mol. The molecule has 2 heterocycles. The molecule has 69 heavy (non-hydrogen) atoms. The van der Waals surface area contributed by atoms with E-state index in [1.165, 1.54) is 5.56 Å². The molecule has 0 spiro atoms. The fraction of sp³-hybridized carbons (Fsp3) is 0.411. The number of ether oxygens (including phenoxy) is 1. The summed E-state index contributed by atoms with van der Waals surface area (Å²) in [5, 5.41) is 5.33. The lowest BCUT2D eigenvalue weighted by atomic mass is 10.0. The summed E-state index contributed by atoms with van der Waals surface area (Å²) in [7, 11) is 7.47. The third kappa shape index (κ3) is 28.8. The van der Waals surface area contributed by atoms with Crippen molar-refractivity contribution in [1.29, 1.82) is 0 Å². The van der Waals surface area contributed by atoms with E-state index in [0.29, 0.717) is 6.42 Å². The van der Waals surface area contributed by atoms with Gasteiger partial charge in [-0.05, 0) is 87.4 Å². The molecule has 0 aliphatic carbocycles. The normalized spacial score (nSPS) is 10.4. The highest BCUT2D eigenvalue weighted by Crippen LogP contribution is 2.26. The van der Waals surface area contributed by atoms with Crippen molar-refractivity contribution in [2.24, 2.45) is 5.73 Å². The number of imidazole rings is 1. The Morgan fingerprint density at radius 1 is 0.826 bits per heavy atom. The number of hydrogen-bond acceptors (Lipinski definition) is 12. The highest BCUT2D eigenvalue weighted by atomic mass is 32.1. The maximum absolute atomic E-state index is 11.0. The van der Waals surface area contributed by atoms with Crippen molar-refractivity contribution < 1.29 is 19.1 Å². The smallest absolute Gasteiger partial charge is 0.141 e. The van der Waals surface area contributed by atoms with Gasteiger partial charge in [0.1, 0.15) is 25.2 Å². The van der Waals surface area contributed by atoms with Gasteiger partial charge in [0.15, 0.2) is 0 Å². The van der Waals surface area contributed by atoms with Gasteiger partial charge in [0.05, 0.1) is 41.4 Å². The summed E-state index contributed by atoms with van der Waals surface area (Å²) in [5.41, 5.74) is 17.1. The van der Waals surface area contributed by atoms with Crippen LogP contribution in [0.5, 0.6) is 0 Å². The quantitative estimate of drug-likeness (QED) is 0.0476. The van der Waals surface area contributed by atoms with E-state index >= 15 is 0 Å². The van der Waals surface area contributed by atoms with Crippen LogP contribution in [0.2, 0.25) is 0 Å². The summed E-state index contributed by atoms with van der Waals surface area (Å²) in [6, 6.07) is 26.8. The van der Waals surface area contributed by atoms with Crippen molar-refractivity contribution >= 4 is 36.4 Å². The standard InChI is InChI=1S/C29H40N6.C12H17NO.C6H7NOS.C2H6O.2C2H6.C2H2.CH2O/c1-6-16-34(4)20-22(3)32-27(18-30)25-12-8-23(9-13-25)24-10-14-26(15-11-24)28-19-31-29(33-28)21-35(5)17-7-2;1-3-13(4-2)12(10-14)11-8-6-5-7-9-11;8-3-1-2-6-4-9-5-7-6;1-3-2;4*1-2/h8-15,18-19,32H,3,6-7,16-17,20-21,30H2,1-2,4-5H3,(H,31,33);5-10,12H,3-4H2,1-2H3;3-5H,1-2H2;1-2H3;2*1-2H3;1-2H;1H2/b27-18-;;;;;;;/t;12-;;;;;;/m.0....../s1. The zero-order valence-corrected chi connectivity index (χ0v) is 44.9. The Hall–Kier alpha value is -6.01. The molecule has 1 atom stereocenters. The van der Waals surface area contributed by atoms with Crippen LogP contribution in [0.1, 0.15) is 103 Å². The first kappa shape index (κ1) is 67.3. The number of thiazole rings is 1. The van der Waals surface area contributed by atoms with Crippen molar-refractivity contribution in [3.63, 3.8) is 0 Å². The number of hydrogen-bond donors (Lipinski definition) is 3. The van der Waals surface area contributed by atoms with Gasteiger partial charge < -0.3 is 40.1 Å². The molecule has 0 unspecified atom stereocenters. The SMILES string of the molecule is C#C.C=C(CN(C)CCC)N/C(=C\N)c1ccc(-c2ccc(-c3cnc(CN(C)CCC)[nH]3)cc2)cc1.C=O.CC.CC.CCN(CC)[C@@H](C=O)c1ccccc1.COC.O=CCCc1cscn1. The van der Waals surface area contributed by atoms with Crippen LogP contribution in [-0.4, -0.2) is 110 Å². The van der Waals surface area contributed by atoms with E-state index in [1.807, 2.05) is 76.4 Å². The largest absolute Gasteiger partial charge is 0.403 e. The van der Waals surface area contributed by atoms with Crippen molar-refractivity contribution in [2.45, 2.75) is 93.7 Å². The van der Waals surface area contributed by atoms with E-state index in [2.05, 4.69) is 149 Å². The number of H-pyrrole nitrogens is 1. The number of aldehydes is 2. The van der Waals surface area contributed by atoms with Crippen LogP contribution in [0.15, 0.2) is 114 Å². The van der Waals surface area contributed by atoms with Gasteiger partial charge in [-0.1, -0.05) is 141 Å². The predicted octanol–water partition coefficient (Wildman–Crippen LogP) is 11.2. The molecule has 12 nitrogen and oxygen atoms in total.